The van der Waals surface area contributed by atoms with Crippen molar-refractivity contribution in [1.82, 2.24) is 5.32 Å². The molecule has 2 heteroatoms. The average molecular weight is 281 g/mol. The summed E-state index contributed by atoms with van der Waals surface area (Å²) >= 11 is 0. The van der Waals surface area contributed by atoms with Crippen LogP contribution >= 0.6 is 0 Å². The summed E-state index contributed by atoms with van der Waals surface area (Å²) in [5.74, 6) is 1.91. The summed E-state index contributed by atoms with van der Waals surface area (Å²) in [7, 11) is 0. The maximum Gasteiger partial charge on any atom is 0.131 e. The minimum absolute atomic E-state index is 0.707. The fourth-order valence-corrected chi connectivity index (χ4v) is 2.42. The fourth-order valence-electron chi connectivity index (χ4n) is 2.42. The highest BCUT2D eigenvalue weighted by Gasteiger charge is 2.20. The van der Waals surface area contributed by atoms with Gasteiger partial charge in [0.1, 0.15) is 11.5 Å². The maximum absolute atomic E-state index is 6.19. The topological polar surface area (TPSA) is 21.3 Å². The minimum Gasteiger partial charge on any atom is -0.457 e. The van der Waals surface area contributed by atoms with Crippen molar-refractivity contribution in [2.45, 2.75) is 46.2 Å². The lowest BCUT2D eigenvalue weighted by Gasteiger charge is -2.14. The Morgan fingerprint density at radius 3 is 2.43 bits per heavy atom. The first-order valence-electron chi connectivity index (χ1n) is 7.70. The molecule has 3 rings (SSSR count). The zero-order valence-corrected chi connectivity index (χ0v) is 13.1. The van der Waals surface area contributed by atoms with E-state index in [1.54, 1.807) is 0 Å². The third-order valence-corrected chi connectivity index (χ3v) is 3.94. The molecule has 0 radical (unpaired) electrons. The smallest absolute Gasteiger partial charge is 0.131 e. The molecule has 1 saturated carbocycles. The number of rotatable bonds is 5. The van der Waals surface area contributed by atoms with Crippen molar-refractivity contribution in [3.8, 4) is 11.5 Å². The minimum atomic E-state index is 0.707. The van der Waals surface area contributed by atoms with Crippen LogP contribution < -0.4 is 10.1 Å². The SMILES string of the molecule is Cc1ccc(Oc2cc(C)ccc2C)c(CNC2CC2)c1. The lowest BCUT2D eigenvalue weighted by atomic mass is 10.1. The van der Waals surface area contributed by atoms with E-state index in [0.717, 1.165) is 18.0 Å². The summed E-state index contributed by atoms with van der Waals surface area (Å²) in [5, 5.41) is 3.57. The number of aryl methyl sites for hydroxylation is 3. The fraction of sp³-hybridized carbons (Fsp3) is 0.368. The molecule has 2 aromatic rings. The highest BCUT2D eigenvalue weighted by atomic mass is 16.5. The van der Waals surface area contributed by atoms with Crippen LogP contribution in [0.3, 0.4) is 0 Å². The molecule has 0 heterocycles. The van der Waals surface area contributed by atoms with E-state index in [4.69, 9.17) is 4.74 Å². The van der Waals surface area contributed by atoms with Crippen LogP contribution in [0.5, 0.6) is 11.5 Å². The molecule has 1 fully saturated rings. The van der Waals surface area contributed by atoms with Gasteiger partial charge in [0.15, 0.2) is 0 Å². The van der Waals surface area contributed by atoms with Crippen LogP contribution in [-0.4, -0.2) is 6.04 Å². The number of ether oxygens (including phenoxy) is 1. The van der Waals surface area contributed by atoms with Crippen molar-refractivity contribution in [1.29, 1.82) is 0 Å². The van der Waals surface area contributed by atoms with Gasteiger partial charge < -0.3 is 10.1 Å². The molecule has 2 aromatic carbocycles. The molecule has 0 saturated heterocycles. The Kier molecular flexibility index (Phi) is 3.98. The molecule has 0 amide bonds. The quantitative estimate of drug-likeness (QED) is 0.861. The second kappa shape index (κ2) is 5.90. The highest BCUT2D eigenvalue weighted by molar-refractivity contribution is 5.43. The van der Waals surface area contributed by atoms with Crippen molar-refractivity contribution >= 4 is 0 Å². The third kappa shape index (κ3) is 3.64. The molecule has 0 aliphatic heterocycles. The van der Waals surface area contributed by atoms with Crippen molar-refractivity contribution in [2.24, 2.45) is 0 Å². The van der Waals surface area contributed by atoms with Crippen LogP contribution in [0.2, 0.25) is 0 Å². The Bertz CT molecular complexity index is 644. The van der Waals surface area contributed by atoms with Gasteiger partial charge in [-0.1, -0.05) is 29.8 Å². The summed E-state index contributed by atoms with van der Waals surface area (Å²) in [4.78, 5) is 0. The van der Waals surface area contributed by atoms with E-state index in [1.165, 1.54) is 35.1 Å². The van der Waals surface area contributed by atoms with Gasteiger partial charge in [-0.25, -0.2) is 0 Å². The van der Waals surface area contributed by atoms with Crippen molar-refractivity contribution in [3.63, 3.8) is 0 Å². The monoisotopic (exact) mass is 281 g/mol. The second-order valence-corrected chi connectivity index (χ2v) is 6.14. The summed E-state index contributed by atoms with van der Waals surface area (Å²) in [5.41, 5.74) is 4.90. The highest BCUT2D eigenvalue weighted by Crippen LogP contribution is 2.30. The molecule has 21 heavy (non-hydrogen) atoms. The zero-order valence-electron chi connectivity index (χ0n) is 13.1. The van der Waals surface area contributed by atoms with Crippen molar-refractivity contribution in [2.75, 3.05) is 0 Å². The van der Waals surface area contributed by atoms with Gasteiger partial charge in [0.05, 0.1) is 0 Å². The number of hydrogen-bond acceptors (Lipinski definition) is 2. The lowest BCUT2D eigenvalue weighted by Crippen LogP contribution is -2.15. The van der Waals surface area contributed by atoms with Gasteiger partial charge in [0.2, 0.25) is 0 Å². The van der Waals surface area contributed by atoms with E-state index in [0.29, 0.717) is 6.04 Å². The molecule has 0 atom stereocenters. The molecule has 0 spiro atoms. The second-order valence-electron chi connectivity index (χ2n) is 6.14. The Hall–Kier alpha value is -1.80. The zero-order chi connectivity index (χ0) is 14.8. The van der Waals surface area contributed by atoms with E-state index in [-0.39, 0.29) is 0 Å². The molecule has 0 aromatic heterocycles. The molecule has 0 unspecified atom stereocenters. The molecule has 0 bridgehead atoms. The first kappa shape index (κ1) is 14.2. The summed E-state index contributed by atoms with van der Waals surface area (Å²) in [6, 6.07) is 13.5. The molecule has 1 aliphatic rings. The van der Waals surface area contributed by atoms with Gasteiger partial charge in [-0.3, -0.25) is 0 Å². The Morgan fingerprint density at radius 2 is 1.67 bits per heavy atom. The number of benzene rings is 2. The summed E-state index contributed by atoms with van der Waals surface area (Å²) in [6.45, 7) is 7.19. The van der Waals surface area contributed by atoms with Gasteiger partial charge in [0.25, 0.3) is 0 Å². The van der Waals surface area contributed by atoms with Gasteiger partial charge >= 0.3 is 0 Å². The summed E-state index contributed by atoms with van der Waals surface area (Å²) < 4.78 is 6.19. The molecular formula is C19H23NO. The molecule has 1 aliphatic carbocycles. The van der Waals surface area contributed by atoms with Crippen LogP contribution in [0.15, 0.2) is 36.4 Å². The first-order chi connectivity index (χ1) is 10.1. The molecule has 110 valence electrons. The van der Waals surface area contributed by atoms with Crippen molar-refractivity contribution in [3.05, 3.63) is 58.7 Å². The van der Waals surface area contributed by atoms with E-state index in [9.17, 15) is 0 Å². The number of nitrogens with one attached hydrogen (secondary N) is 1. The molecular weight excluding hydrogens is 258 g/mol. The third-order valence-electron chi connectivity index (χ3n) is 3.94. The van der Waals surface area contributed by atoms with E-state index in [2.05, 4.69) is 62.5 Å². The molecule has 2 nitrogen and oxygen atoms in total. The van der Waals surface area contributed by atoms with Gasteiger partial charge in [-0.15, -0.1) is 0 Å². The van der Waals surface area contributed by atoms with Crippen LogP contribution in [0.4, 0.5) is 0 Å². The number of hydrogen-bond donors (Lipinski definition) is 1. The normalized spacial score (nSPS) is 14.2. The standard InChI is InChI=1S/C19H23NO/c1-13-5-9-18(16(10-13)12-20-17-7-8-17)21-19-11-14(2)4-6-15(19)3/h4-6,9-11,17,20H,7-8,12H2,1-3H3. The first-order valence-corrected chi connectivity index (χ1v) is 7.70. The van der Waals surface area contributed by atoms with Crippen LogP contribution in [0.25, 0.3) is 0 Å². The summed E-state index contributed by atoms with van der Waals surface area (Å²) in [6.07, 6.45) is 2.61. The van der Waals surface area contributed by atoms with Crippen LogP contribution in [0, 0.1) is 20.8 Å². The maximum atomic E-state index is 6.19. The van der Waals surface area contributed by atoms with Gasteiger partial charge in [-0.2, -0.15) is 0 Å². The average Bonchev–Trinajstić information content (AvgIpc) is 3.27. The van der Waals surface area contributed by atoms with E-state index < -0.39 is 0 Å². The predicted molar refractivity (Wildman–Crippen MR) is 87.0 cm³/mol. The molecule has 1 N–H and O–H groups in total. The Balaban J connectivity index is 1.84. The Labute approximate surface area is 127 Å². The van der Waals surface area contributed by atoms with Gasteiger partial charge in [0, 0.05) is 18.2 Å². The van der Waals surface area contributed by atoms with Gasteiger partial charge in [-0.05, 0) is 56.9 Å². The predicted octanol–water partition coefficient (Wildman–Crippen LogP) is 4.66. The van der Waals surface area contributed by atoms with E-state index >= 15 is 0 Å². The lowest BCUT2D eigenvalue weighted by molar-refractivity contribution is 0.468. The Morgan fingerprint density at radius 1 is 0.952 bits per heavy atom. The van der Waals surface area contributed by atoms with E-state index in [1.807, 2.05) is 0 Å². The largest absolute Gasteiger partial charge is 0.457 e. The van der Waals surface area contributed by atoms with Crippen LogP contribution in [-0.2, 0) is 6.54 Å². The van der Waals surface area contributed by atoms with Crippen LogP contribution in [0.1, 0.15) is 35.1 Å². The van der Waals surface area contributed by atoms with Crippen molar-refractivity contribution < 1.29 is 4.74 Å².